The average molecular weight is 155 g/mol. The van der Waals surface area contributed by atoms with Crippen LogP contribution in [0.3, 0.4) is 0 Å². The van der Waals surface area contributed by atoms with E-state index in [1.165, 1.54) is 0 Å². The van der Waals surface area contributed by atoms with Crippen LogP contribution >= 0.6 is 0 Å². The summed E-state index contributed by atoms with van der Waals surface area (Å²) in [7, 11) is 1.91. The second-order valence-electron chi connectivity index (χ2n) is 2.20. The normalized spacial score (nSPS) is 10.4. The molecule has 0 aliphatic rings. The molecule has 4 heteroatoms. The van der Waals surface area contributed by atoms with Gasteiger partial charge in [0.05, 0.1) is 18.8 Å². The van der Waals surface area contributed by atoms with E-state index in [1.807, 2.05) is 24.7 Å². The van der Waals surface area contributed by atoms with Gasteiger partial charge < -0.3 is 4.84 Å². The first kappa shape index (κ1) is 8.23. The fourth-order valence-corrected chi connectivity index (χ4v) is 0.802. The van der Waals surface area contributed by atoms with Crippen molar-refractivity contribution in [3.8, 4) is 0 Å². The predicted molar refractivity (Wildman–Crippen MR) is 41.7 cm³/mol. The van der Waals surface area contributed by atoms with E-state index in [-0.39, 0.29) is 0 Å². The number of rotatable bonds is 4. The maximum absolute atomic E-state index is 4.97. The highest BCUT2D eigenvalue weighted by atomic mass is 16.6. The molecule has 0 saturated heterocycles. The van der Waals surface area contributed by atoms with Gasteiger partial charge in [0.2, 0.25) is 0 Å². The molecule has 62 valence electrons. The third-order valence-corrected chi connectivity index (χ3v) is 1.42. The third-order valence-electron chi connectivity index (χ3n) is 1.42. The van der Waals surface area contributed by atoms with E-state index in [0.29, 0.717) is 13.2 Å². The summed E-state index contributed by atoms with van der Waals surface area (Å²) in [6.07, 6.45) is 1.77. The molecule has 1 heterocycles. The van der Waals surface area contributed by atoms with Crippen LogP contribution in [0.2, 0.25) is 0 Å². The maximum Gasteiger partial charge on any atom is 0.0654 e. The first-order valence-electron chi connectivity index (χ1n) is 3.66. The highest BCUT2D eigenvalue weighted by Gasteiger charge is 1.95. The Morgan fingerprint density at radius 1 is 1.73 bits per heavy atom. The van der Waals surface area contributed by atoms with Gasteiger partial charge in [-0.3, -0.25) is 4.68 Å². The van der Waals surface area contributed by atoms with Crippen LogP contribution in [0.1, 0.15) is 12.6 Å². The zero-order valence-electron chi connectivity index (χ0n) is 6.87. The Morgan fingerprint density at radius 3 is 3.09 bits per heavy atom. The number of hydroxylamine groups is 1. The third kappa shape index (κ3) is 2.32. The fraction of sp³-hybridized carbons (Fsp3) is 0.571. The van der Waals surface area contributed by atoms with Crippen LogP contribution in [0.4, 0.5) is 0 Å². The summed E-state index contributed by atoms with van der Waals surface area (Å²) in [4.78, 5) is 4.97. The molecule has 0 radical (unpaired) electrons. The Bertz CT molecular complexity index is 209. The molecule has 0 fully saturated rings. The molecule has 1 rings (SSSR count). The molecule has 0 amide bonds. The molecule has 0 atom stereocenters. The summed E-state index contributed by atoms with van der Waals surface area (Å²) in [5, 5.41) is 4.02. The Morgan fingerprint density at radius 2 is 2.55 bits per heavy atom. The lowest BCUT2D eigenvalue weighted by atomic mass is 10.4. The zero-order chi connectivity index (χ0) is 8.10. The maximum atomic E-state index is 4.97. The Labute approximate surface area is 66.1 Å². The van der Waals surface area contributed by atoms with E-state index >= 15 is 0 Å². The number of hydrogen-bond acceptors (Lipinski definition) is 3. The molecule has 0 aliphatic heterocycles. The summed E-state index contributed by atoms with van der Waals surface area (Å²) in [6.45, 7) is 3.32. The van der Waals surface area contributed by atoms with Crippen molar-refractivity contribution in [1.29, 1.82) is 0 Å². The molecule has 11 heavy (non-hydrogen) atoms. The number of aryl methyl sites for hydroxylation is 1. The largest absolute Gasteiger partial charge is 0.302 e. The lowest BCUT2D eigenvalue weighted by Crippen LogP contribution is -2.15. The van der Waals surface area contributed by atoms with Crippen molar-refractivity contribution in [2.45, 2.75) is 13.5 Å². The standard InChI is InChI=1S/C7H13N3O/c1-3-11-9-6-7-4-5-8-10(7)2/h4-5,9H,3,6H2,1-2H3. The molecule has 0 aliphatic carbocycles. The molecule has 1 N–H and O–H groups in total. The Kier molecular flexibility index (Phi) is 3.07. The van der Waals surface area contributed by atoms with Crippen molar-refractivity contribution in [1.82, 2.24) is 15.3 Å². The topological polar surface area (TPSA) is 39.1 Å². The smallest absolute Gasteiger partial charge is 0.0654 e. The molecule has 0 saturated carbocycles. The first-order valence-corrected chi connectivity index (χ1v) is 3.66. The Hall–Kier alpha value is -0.870. The number of hydrogen-bond donors (Lipinski definition) is 1. The van der Waals surface area contributed by atoms with E-state index in [1.54, 1.807) is 6.20 Å². The van der Waals surface area contributed by atoms with Gasteiger partial charge in [0, 0.05) is 13.2 Å². The van der Waals surface area contributed by atoms with Crippen LogP contribution < -0.4 is 5.48 Å². The van der Waals surface area contributed by atoms with Gasteiger partial charge >= 0.3 is 0 Å². The minimum absolute atomic E-state index is 0.678. The van der Waals surface area contributed by atoms with Crippen LogP contribution in [0.25, 0.3) is 0 Å². The lowest BCUT2D eigenvalue weighted by molar-refractivity contribution is 0.0449. The molecular formula is C7H13N3O. The van der Waals surface area contributed by atoms with Gasteiger partial charge in [-0.15, -0.1) is 0 Å². The molecule has 4 nitrogen and oxygen atoms in total. The van der Waals surface area contributed by atoms with Gasteiger partial charge in [0.1, 0.15) is 0 Å². The van der Waals surface area contributed by atoms with E-state index < -0.39 is 0 Å². The van der Waals surface area contributed by atoms with Crippen LogP contribution in [0.15, 0.2) is 12.3 Å². The molecule has 0 bridgehead atoms. The van der Waals surface area contributed by atoms with E-state index in [0.717, 1.165) is 5.69 Å². The van der Waals surface area contributed by atoms with E-state index in [2.05, 4.69) is 10.6 Å². The zero-order valence-corrected chi connectivity index (χ0v) is 6.87. The van der Waals surface area contributed by atoms with Crippen LogP contribution in [-0.2, 0) is 18.4 Å². The van der Waals surface area contributed by atoms with Gasteiger partial charge in [0.15, 0.2) is 0 Å². The van der Waals surface area contributed by atoms with Gasteiger partial charge in [-0.1, -0.05) is 0 Å². The first-order chi connectivity index (χ1) is 5.34. The van der Waals surface area contributed by atoms with Gasteiger partial charge in [0.25, 0.3) is 0 Å². The van der Waals surface area contributed by atoms with Crippen molar-refractivity contribution >= 4 is 0 Å². The molecule has 1 aromatic rings. The van der Waals surface area contributed by atoms with Crippen molar-refractivity contribution < 1.29 is 4.84 Å². The van der Waals surface area contributed by atoms with Crippen LogP contribution in [-0.4, -0.2) is 16.4 Å². The summed E-state index contributed by atoms with van der Waals surface area (Å²) >= 11 is 0. The molecule has 0 unspecified atom stereocenters. The van der Waals surface area contributed by atoms with Crippen LogP contribution in [0.5, 0.6) is 0 Å². The van der Waals surface area contributed by atoms with Gasteiger partial charge in [-0.05, 0) is 13.0 Å². The van der Waals surface area contributed by atoms with Crippen molar-refractivity contribution in [3.63, 3.8) is 0 Å². The monoisotopic (exact) mass is 155 g/mol. The summed E-state index contributed by atoms with van der Waals surface area (Å²) in [5.74, 6) is 0. The second-order valence-corrected chi connectivity index (χ2v) is 2.20. The molecule has 1 aromatic heterocycles. The minimum Gasteiger partial charge on any atom is -0.302 e. The Balaban J connectivity index is 2.32. The van der Waals surface area contributed by atoms with Crippen molar-refractivity contribution in [2.75, 3.05) is 6.61 Å². The molecular weight excluding hydrogens is 142 g/mol. The lowest BCUT2D eigenvalue weighted by Gasteiger charge is -2.02. The average Bonchev–Trinajstić information content (AvgIpc) is 2.37. The van der Waals surface area contributed by atoms with Crippen LogP contribution in [0, 0.1) is 0 Å². The quantitative estimate of drug-likeness (QED) is 0.507. The van der Waals surface area contributed by atoms with Gasteiger partial charge in [-0.25, -0.2) is 0 Å². The number of nitrogens with one attached hydrogen (secondary N) is 1. The highest BCUT2D eigenvalue weighted by Crippen LogP contribution is 1.94. The summed E-state index contributed by atoms with van der Waals surface area (Å²) in [6, 6.07) is 1.95. The van der Waals surface area contributed by atoms with E-state index in [4.69, 9.17) is 4.84 Å². The number of aromatic nitrogens is 2. The summed E-state index contributed by atoms with van der Waals surface area (Å²) in [5.41, 5.74) is 3.93. The summed E-state index contributed by atoms with van der Waals surface area (Å²) < 4.78 is 1.81. The minimum atomic E-state index is 0.678. The number of nitrogens with zero attached hydrogens (tertiary/aromatic N) is 2. The fourth-order valence-electron chi connectivity index (χ4n) is 0.802. The van der Waals surface area contributed by atoms with E-state index in [9.17, 15) is 0 Å². The highest BCUT2D eigenvalue weighted by molar-refractivity contribution is 4.98. The SMILES string of the molecule is CCONCc1ccnn1C. The van der Waals surface area contributed by atoms with Crippen molar-refractivity contribution in [3.05, 3.63) is 18.0 Å². The molecule has 0 aromatic carbocycles. The predicted octanol–water partition coefficient (Wildman–Crippen LogP) is 0.461. The van der Waals surface area contributed by atoms with Gasteiger partial charge in [-0.2, -0.15) is 10.6 Å². The second kappa shape index (κ2) is 4.10. The van der Waals surface area contributed by atoms with Crippen molar-refractivity contribution in [2.24, 2.45) is 7.05 Å². The molecule has 0 spiro atoms.